The molecule has 29 heavy (non-hydrogen) atoms. The minimum absolute atomic E-state index is 0.0507. The first-order valence-corrected chi connectivity index (χ1v) is 9.38. The number of anilines is 2. The van der Waals surface area contributed by atoms with Gasteiger partial charge in [-0.1, -0.05) is 11.6 Å². The number of aryl methyl sites for hydroxylation is 2. The van der Waals surface area contributed by atoms with Gasteiger partial charge in [-0.25, -0.2) is 14.4 Å². The Bertz CT molecular complexity index is 1250. The molecule has 9 nitrogen and oxygen atoms in total. The molecule has 0 saturated heterocycles. The van der Waals surface area contributed by atoms with Gasteiger partial charge in [0.15, 0.2) is 12.1 Å². The number of rotatable bonds is 1. The lowest BCUT2D eigenvalue weighted by atomic mass is 10.3. The van der Waals surface area contributed by atoms with Crippen molar-refractivity contribution < 1.29 is 13.5 Å². The molecular weight excluding hydrogens is 401 g/mol. The number of oxazole rings is 1. The monoisotopic (exact) mass is 417 g/mol. The van der Waals surface area contributed by atoms with Crippen molar-refractivity contribution in [1.29, 1.82) is 0 Å². The second-order valence-electron chi connectivity index (χ2n) is 6.89. The fourth-order valence-electron chi connectivity index (χ4n) is 3.41. The Kier molecular flexibility index (Phi) is 3.98. The predicted molar refractivity (Wildman–Crippen MR) is 104 cm³/mol. The van der Waals surface area contributed by atoms with Crippen LogP contribution in [0.3, 0.4) is 0 Å². The van der Waals surface area contributed by atoms with Crippen molar-refractivity contribution in [2.45, 2.75) is 33.5 Å². The molecule has 150 valence electrons. The molecule has 1 aliphatic rings. The van der Waals surface area contributed by atoms with Crippen LogP contribution in [-0.2, 0) is 6.54 Å². The summed E-state index contributed by atoms with van der Waals surface area (Å²) in [5, 5.41) is 8.73. The van der Waals surface area contributed by atoms with Crippen molar-refractivity contribution in [1.82, 2.24) is 29.3 Å². The standard InChI is InChI=1S/C18H17ClFN7O2/c1-8-17(29-10(3)22-8)27-9(2)14-16(25-27)28-7-11(20)5-26-6-13(19)12-4-21-18(23-14)24-15(12)26/h4,6,11H,5,7H2,1-3H3,(H,21,23,24). The van der Waals surface area contributed by atoms with E-state index in [1.165, 1.54) is 0 Å². The number of aromatic nitrogens is 6. The summed E-state index contributed by atoms with van der Waals surface area (Å²) >= 11 is 6.24. The van der Waals surface area contributed by atoms with Gasteiger partial charge in [0, 0.05) is 19.3 Å². The highest BCUT2D eigenvalue weighted by Gasteiger charge is 2.24. The lowest BCUT2D eigenvalue weighted by Gasteiger charge is -2.10. The summed E-state index contributed by atoms with van der Waals surface area (Å²) in [5.74, 6) is 1.54. The Morgan fingerprint density at radius 1 is 1.28 bits per heavy atom. The molecule has 4 aromatic rings. The lowest BCUT2D eigenvalue weighted by molar-refractivity contribution is 0.175. The van der Waals surface area contributed by atoms with Gasteiger partial charge in [-0.2, -0.15) is 9.67 Å². The van der Waals surface area contributed by atoms with E-state index in [1.54, 1.807) is 28.6 Å². The van der Waals surface area contributed by atoms with E-state index in [1.807, 2.05) is 13.8 Å². The summed E-state index contributed by atoms with van der Waals surface area (Å²) in [6, 6.07) is 0. The van der Waals surface area contributed by atoms with Gasteiger partial charge in [0.2, 0.25) is 11.8 Å². The Morgan fingerprint density at radius 2 is 2.10 bits per heavy atom. The number of nitrogens with one attached hydrogen (secondary N) is 1. The van der Waals surface area contributed by atoms with Crippen LogP contribution in [0.1, 0.15) is 17.3 Å². The Morgan fingerprint density at radius 3 is 2.86 bits per heavy atom. The van der Waals surface area contributed by atoms with E-state index in [-0.39, 0.29) is 19.0 Å². The van der Waals surface area contributed by atoms with Crippen LogP contribution in [0.4, 0.5) is 16.0 Å². The van der Waals surface area contributed by atoms with Gasteiger partial charge in [0.25, 0.3) is 5.88 Å². The fourth-order valence-corrected chi connectivity index (χ4v) is 3.66. The number of ether oxygens (including phenoxy) is 1. The molecule has 1 atom stereocenters. The zero-order valence-electron chi connectivity index (χ0n) is 15.9. The fraction of sp³-hybridized carbons (Fsp3) is 0.333. The van der Waals surface area contributed by atoms with Crippen LogP contribution >= 0.6 is 11.6 Å². The average molecular weight is 418 g/mol. The number of hydrogen-bond donors (Lipinski definition) is 1. The number of hydrogen-bond acceptors (Lipinski definition) is 7. The molecule has 4 aromatic heterocycles. The molecule has 11 heteroatoms. The third kappa shape index (κ3) is 2.91. The van der Waals surface area contributed by atoms with Gasteiger partial charge in [0.1, 0.15) is 23.6 Å². The molecule has 1 unspecified atom stereocenters. The highest BCUT2D eigenvalue weighted by Crippen LogP contribution is 2.34. The maximum atomic E-state index is 14.6. The smallest absolute Gasteiger partial charge is 0.257 e. The van der Waals surface area contributed by atoms with Gasteiger partial charge in [-0.05, 0) is 13.8 Å². The predicted octanol–water partition coefficient (Wildman–Crippen LogP) is 3.66. The molecule has 0 aromatic carbocycles. The van der Waals surface area contributed by atoms with Crippen LogP contribution in [-0.4, -0.2) is 42.1 Å². The van der Waals surface area contributed by atoms with Gasteiger partial charge < -0.3 is 19.0 Å². The van der Waals surface area contributed by atoms with Crippen LogP contribution in [0.2, 0.25) is 5.02 Å². The molecule has 5 heterocycles. The topological polar surface area (TPSA) is 95.8 Å². The summed E-state index contributed by atoms with van der Waals surface area (Å²) < 4.78 is 29.3. The highest BCUT2D eigenvalue weighted by atomic mass is 35.5. The Hall–Kier alpha value is -3.14. The molecule has 0 fully saturated rings. The summed E-state index contributed by atoms with van der Waals surface area (Å²) in [5.41, 5.74) is 2.44. The molecule has 1 aliphatic heterocycles. The van der Waals surface area contributed by atoms with E-state index < -0.39 is 6.17 Å². The van der Waals surface area contributed by atoms with Crippen LogP contribution < -0.4 is 10.1 Å². The van der Waals surface area contributed by atoms with Gasteiger partial charge in [-0.15, -0.1) is 5.10 Å². The molecule has 1 N–H and O–H groups in total. The van der Waals surface area contributed by atoms with Crippen LogP contribution in [0.15, 0.2) is 16.8 Å². The second kappa shape index (κ2) is 6.45. The minimum atomic E-state index is -1.29. The highest BCUT2D eigenvalue weighted by molar-refractivity contribution is 6.35. The summed E-state index contributed by atoms with van der Waals surface area (Å²) in [7, 11) is 0. The Labute approximate surface area is 169 Å². The number of halogens is 2. The van der Waals surface area contributed by atoms with Crippen molar-refractivity contribution >= 4 is 34.3 Å². The molecule has 0 saturated carbocycles. The maximum absolute atomic E-state index is 14.6. The summed E-state index contributed by atoms with van der Waals surface area (Å²) in [6.07, 6.45) is 1.97. The molecule has 5 rings (SSSR count). The van der Waals surface area contributed by atoms with Crippen molar-refractivity contribution in [2.24, 2.45) is 0 Å². The molecule has 2 bridgehead atoms. The van der Waals surface area contributed by atoms with Gasteiger partial charge in [0.05, 0.1) is 22.6 Å². The first kappa shape index (κ1) is 17.9. The summed E-state index contributed by atoms with van der Waals surface area (Å²) in [6.45, 7) is 5.29. The molecular formula is C18H17ClFN7O2. The zero-order valence-corrected chi connectivity index (χ0v) is 16.7. The molecule has 0 spiro atoms. The molecule has 0 amide bonds. The Balaban J connectivity index is 1.66. The van der Waals surface area contributed by atoms with Crippen molar-refractivity contribution in [2.75, 3.05) is 11.9 Å². The largest absolute Gasteiger partial charge is 0.472 e. The van der Waals surface area contributed by atoms with Crippen molar-refractivity contribution in [3.63, 3.8) is 0 Å². The SMILES string of the molecule is Cc1nc(C)c(-n2nc3c(c2C)Nc2ncc4c(Cl)cn(c4n2)CC(F)CO3)o1. The second-order valence-corrected chi connectivity index (χ2v) is 7.30. The van der Waals surface area contributed by atoms with Crippen LogP contribution in [0.25, 0.3) is 16.9 Å². The normalized spacial score (nSPS) is 16.4. The minimum Gasteiger partial charge on any atom is -0.472 e. The van der Waals surface area contributed by atoms with E-state index in [0.29, 0.717) is 50.9 Å². The zero-order chi connectivity index (χ0) is 20.3. The van der Waals surface area contributed by atoms with Gasteiger partial charge in [-0.3, -0.25) is 0 Å². The van der Waals surface area contributed by atoms with Crippen molar-refractivity contribution in [3.05, 3.63) is 34.7 Å². The molecule has 0 aliphatic carbocycles. The van der Waals surface area contributed by atoms with Crippen LogP contribution in [0, 0.1) is 20.8 Å². The number of fused-ring (bicyclic) bond motifs is 2. The maximum Gasteiger partial charge on any atom is 0.257 e. The van der Waals surface area contributed by atoms with E-state index in [9.17, 15) is 4.39 Å². The average Bonchev–Trinajstić information content (AvgIpc) is 3.27. The number of alkyl halides is 1. The molecule has 0 radical (unpaired) electrons. The third-order valence-electron chi connectivity index (χ3n) is 4.76. The van der Waals surface area contributed by atoms with Crippen LogP contribution in [0.5, 0.6) is 5.88 Å². The lowest BCUT2D eigenvalue weighted by Crippen LogP contribution is -2.19. The summed E-state index contributed by atoms with van der Waals surface area (Å²) in [4.78, 5) is 13.1. The van der Waals surface area contributed by atoms with E-state index in [4.69, 9.17) is 20.8 Å². The van der Waals surface area contributed by atoms with E-state index >= 15 is 0 Å². The van der Waals surface area contributed by atoms with Gasteiger partial charge >= 0.3 is 0 Å². The van der Waals surface area contributed by atoms with E-state index in [0.717, 1.165) is 0 Å². The first-order chi connectivity index (χ1) is 13.9. The number of nitrogens with zero attached hydrogens (tertiary/aromatic N) is 6. The quantitative estimate of drug-likeness (QED) is 0.505. The third-order valence-corrected chi connectivity index (χ3v) is 5.06. The van der Waals surface area contributed by atoms with Crippen molar-refractivity contribution in [3.8, 4) is 11.8 Å². The first-order valence-electron chi connectivity index (χ1n) is 9.00. The van der Waals surface area contributed by atoms with E-state index in [2.05, 4.69) is 25.4 Å².